The maximum atomic E-state index is 13.1. The highest BCUT2D eigenvalue weighted by Crippen LogP contribution is 2.23. The van der Waals surface area contributed by atoms with Crippen molar-refractivity contribution in [2.45, 2.75) is 39.2 Å². The Kier molecular flexibility index (Phi) is 4.51. The maximum Gasteiger partial charge on any atom is 0.261 e. The summed E-state index contributed by atoms with van der Waals surface area (Å²) in [6.07, 6.45) is 2.75. The van der Waals surface area contributed by atoms with Gasteiger partial charge in [0.1, 0.15) is 11.4 Å². The van der Waals surface area contributed by atoms with Crippen LogP contribution in [0, 0.1) is 11.7 Å². The Morgan fingerprint density at radius 2 is 1.92 bits per heavy atom. The number of fused-ring (bicyclic) bond motifs is 1. The van der Waals surface area contributed by atoms with E-state index >= 15 is 0 Å². The predicted octanol–water partition coefficient (Wildman–Crippen LogP) is 3.13. The van der Waals surface area contributed by atoms with Crippen LogP contribution in [0.4, 0.5) is 4.39 Å². The molecule has 3 rings (SSSR count). The number of rotatable bonds is 4. The van der Waals surface area contributed by atoms with Gasteiger partial charge < -0.3 is 10.3 Å². The van der Waals surface area contributed by atoms with Crippen LogP contribution in [0.5, 0.6) is 0 Å². The van der Waals surface area contributed by atoms with E-state index in [1.807, 2.05) is 13.8 Å². The molecule has 1 aliphatic carbocycles. The monoisotopic (exact) mass is 328 g/mol. The van der Waals surface area contributed by atoms with Crippen molar-refractivity contribution in [3.63, 3.8) is 0 Å². The van der Waals surface area contributed by atoms with Gasteiger partial charge in [-0.2, -0.15) is 0 Å². The van der Waals surface area contributed by atoms with E-state index < -0.39 is 5.91 Å². The van der Waals surface area contributed by atoms with Crippen molar-refractivity contribution in [3.05, 3.63) is 68.9 Å². The lowest BCUT2D eigenvalue weighted by Crippen LogP contribution is -2.35. The molecule has 4 nitrogen and oxygen atoms in total. The first-order valence-electron chi connectivity index (χ1n) is 8.27. The number of hydrogen-bond donors (Lipinski definition) is 2. The van der Waals surface area contributed by atoms with E-state index in [1.165, 1.54) is 12.1 Å². The summed E-state index contributed by atoms with van der Waals surface area (Å²) in [5, 5.41) is 2.92. The highest BCUT2D eigenvalue weighted by atomic mass is 19.1. The van der Waals surface area contributed by atoms with Gasteiger partial charge in [0.2, 0.25) is 0 Å². The third-order valence-electron chi connectivity index (χ3n) is 4.52. The Morgan fingerprint density at radius 3 is 2.58 bits per heavy atom. The van der Waals surface area contributed by atoms with Gasteiger partial charge in [-0.1, -0.05) is 26.0 Å². The Labute approximate surface area is 140 Å². The average molecular weight is 328 g/mol. The summed E-state index contributed by atoms with van der Waals surface area (Å²) in [6.45, 7) is 3.95. The smallest absolute Gasteiger partial charge is 0.261 e. The van der Waals surface area contributed by atoms with Crippen molar-refractivity contribution in [1.29, 1.82) is 0 Å². The largest absolute Gasteiger partial charge is 0.345 e. The summed E-state index contributed by atoms with van der Waals surface area (Å²) in [5.74, 6) is -0.607. The molecule has 2 N–H and O–H groups in total. The van der Waals surface area contributed by atoms with E-state index in [0.29, 0.717) is 0 Å². The lowest BCUT2D eigenvalue weighted by atomic mass is 9.95. The van der Waals surface area contributed by atoms with Crippen LogP contribution in [0.3, 0.4) is 0 Å². The molecular formula is C19H21FN2O2. The summed E-state index contributed by atoms with van der Waals surface area (Å²) < 4.78 is 13.1. The van der Waals surface area contributed by atoms with E-state index in [1.54, 1.807) is 18.2 Å². The zero-order chi connectivity index (χ0) is 17.3. The number of carbonyl (C=O) groups is 1. The number of halogens is 1. The van der Waals surface area contributed by atoms with Crippen LogP contribution >= 0.6 is 0 Å². The van der Waals surface area contributed by atoms with Crippen LogP contribution < -0.4 is 10.9 Å². The highest BCUT2D eigenvalue weighted by Gasteiger charge is 2.23. The number of nitrogens with one attached hydrogen (secondary N) is 2. The second-order valence-corrected chi connectivity index (χ2v) is 6.62. The number of aromatic amines is 1. The number of amides is 1. The fourth-order valence-corrected chi connectivity index (χ4v) is 3.21. The molecule has 1 aromatic heterocycles. The molecule has 1 amide bonds. The van der Waals surface area contributed by atoms with Gasteiger partial charge in [-0.3, -0.25) is 9.59 Å². The Hall–Kier alpha value is -2.43. The lowest BCUT2D eigenvalue weighted by molar-refractivity contribution is 0.0924. The number of pyridine rings is 1. The summed E-state index contributed by atoms with van der Waals surface area (Å²) in [7, 11) is 0. The molecule has 0 saturated heterocycles. The molecule has 2 aromatic rings. The molecule has 1 heterocycles. The molecular weight excluding hydrogens is 307 g/mol. The molecule has 126 valence electrons. The van der Waals surface area contributed by atoms with Gasteiger partial charge in [0.25, 0.3) is 11.5 Å². The van der Waals surface area contributed by atoms with Crippen molar-refractivity contribution < 1.29 is 9.18 Å². The van der Waals surface area contributed by atoms with Gasteiger partial charge in [0.05, 0.1) is 6.04 Å². The minimum atomic E-state index is -0.394. The van der Waals surface area contributed by atoms with Gasteiger partial charge in [0.15, 0.2) is 0 Å². The Balaban J connectivity index is 1.87. The van der Waals surface area contributed by atoms with Crippen LogP contribution in [0.25, 0.3) is 0 Å². The number of hydrogen-bond acceptors (Lipinski definition) is 2. The summed E-state index contributed by atoms with van der Waals surface area (Å²) in [5.41, 5.74) is 2.59. The molecule has 1 aliphatic rings. The Morgan fingerprint density at radius 1 is 1.21 bits per heavy atom. The molecule has 0 saturated carbocycles. The van der Waals surface area contributed by atoms with E-state index in [9.17, 15) is 14.0 Å². The lowest BCUT2D eigenvalue weighted by Gasteiger charge is -2.23. The van der Waals surface area contributed by atoms with E-state index in [2.05, 4.69) is 10.3 Å². The third kappa shape index (κ3) is 3.25. The van der Waals surface area contributed by atoms with Crippen LogP contribution in [0.1, 0.15) is 53.5 Å². The van der Waals surface area contributed by atoms with Gasteiger partial charge in [0, 0.05) is 5.69 Å². The summed E-state index contributed by atoms with van der Waals surface area (Å²) in [6, 6.07) is 7.49. The standard InChI is InChI=1S/C19H21FN2O2/c1-11(2)17(12-6-8-14(20)9-7-12)22-19(24)15-10-13-4-3-5-16(13)21-18(15)23/h6-11,17H,3-5H2,1-2H3,(H,21,23)(H,22,24)/t17-/m1/s1. The molecule has 0 unspecified atom stereocenters. The number of aromatic nitrogens is 1. The molecule has 0 spiro atoms. The molecule has 5 heteroatoms. The van der Waals surface area contributed by atoms with Crippen molar-refractivity contribution in [1.82, 2.24) is 10.3 Å². The van der Waals surface area contributed by atoms with E-state index in [0.717, 1.165) is 36.1 Å². The first-order chi connectivity index (χ1) is 11.5. The van der Waals surface area contributed by atoms with Crippen molar-refractivity contribution >= 4 is 5.91 Å². The minimum Gasteiger partial charge on any atom is -0.345 e. The third-order valence-corrected chi connectivity index (χ3v) is 4.52. The van der Waals surface area contributed by atoms with E-state index in [-0.39, 0.29) is 28.9 Å². The quantitative estimate of drug-likeness (QED) is 0.906. The fourth-order valence-electron chi connectivity index (χ4n) is 3.21. The molecule has 0 bridgehead atoms. The van der Waals surface area contributed by atoms with Gasteiger partial charge in [-0.05, 0) is 54.5 Å². The molecule has 0 fully saturated rings. The number of H-pyrrole nitrogens is 1. The zero-order valence-corrected chi connectivity index (χ0v) is 13.9. The SMILES string of the molecule is CC(C)[C@@H](NC(=O)c1cc2c([nH]c1=O)CCC2)c1ccc(F)cc1. The number of carbonyl (C=O) groups excluding carboxylic acids is 1. The summed E-state index contributed by atoms with van der Waals surface area (Å²) in [4.78, 5) is 27.6. The van der Waals surface area contributed by atoms with Gasteiger partial charge >= 0.3 is 0 Å². The predicted molar refractivity (Wildman–Crippen MR) is 90.5 cm³/mol. The molecule has 0 aliphatic heterocycles. The van der Waals surface area contributed by atoms with Crippen LogP contribution in [0.2, 0.25) is 0 Å². The molecule has 1 atom stereocenters. The van der Waals surface area contributed by atoms with Gasteiger partial charge in [-0.25, -0.2) is 4.39 Å². The fraction of sp³-hybridized carbons (Fsp3) is 0.368. The van der Waals surface area contributed by atoms with Crippen molar-refractivity contribution in [2.75, 3.05) is 0 Å². The second-order valence-electron chi connectivity index (χ2n) is 6.62. The molecule has 1 aromatic carbocycles. The van der Waals surface area contributed by atoms with Crippen LogP contribution in [0.15, 0.2) is 35.1 Å². The van der Waals surface area contributed by atoms with E-state index in [4.69, 9.17) is 0 Å². The number of aryl methyl sites for hydroxylation is 2. The maximum absolute atomic E-state index is 13.1. The van der Waals surface area contributed by atoms with Crippen LogP contribution in [-0.4, -0.2) is 10.9 Å². The van der Waals surface area contributed by atoms with Crippen molar-refractivity contribution in [2.24, 2.45) is 5.92 Å². The second kappa shape index (κ2) is 6.59. The number of benzene rings is 1. The average Bonchev–Trinajstić information content (AvgIpc) is 2.99. The zero-order valence-electron chi connectivity index (χ0n) is 13.9. The van der Waals surface area contributed by atoms with Crippen molar-refractivity contribution in [3.8, 4) is 0 Å². The molecule has 24 heavy (non-hydrogen) atoms. The minimum absolute atomic E-state index is 0.105. The van der Waals surface area contributed by atoms with Gasteiger partial charge in [-0.15, -0.1) is 0 Å². The highest BCUT2D eigenvalue weighted by molar-refractivity contribution is 5.94. The molecule has 0 radical (unpaired) electrons. The first-order valence-corrected chi connectivity index (χ1v) is 8.27. The normalized spacial score (nSPS) is 14.5. The van der Waals surface area contributed by atoms with Crippen LogP contribution in [-0.2, 0) is 12.8 Å². The topological polar surface area (TPSA) is 62.0 Å². The summed E-state index contributed by atoms with van der Waals surface area (Å²) >= 11 is 0. The Bertz CT molecular complexity index is 809. The first kappa shape index (κ1) is 16.4.